The molecular weight excluding hydrogens is 295 g/mol. The summed E-state index contributed by atoms with van der Waals surface area (Å²) in [5, 5.41) is 1.03. The van der Waals surface area contributed by atoms with Gasteiger partial charge in [0, 0.05) is 22.8 Å². The van der Waals surface area contributed by atoms with Crippen molar-refractivity contribution < 1.29 is 4.74 Å². The number of hydrogen-bond acceptors (Lipinski definition) is 3. The molecule has 0 saturated carbocycles. The minimum Gasteiger partial charge on any atom is -0.437 e. The van der Waals surface area contributed by atoms with Gasteiger partial charge < -0.3 is 10.5 Å². The molecule has 0 aliphatic heterocycles. The average Bonchev–Trinajstić information content (AvgIpc) is 2.34. The van der Waals surface area contributed by atoms with E-state index in [2.05, 4.69) is 4.98 Å². The first-order chi connectivity index (χ1) is 9.45. The summed E-state index contributed by atoms with van der Waals surface area (Å²) in [7, 11) is 0. The molecule has 1 aromatic carbocycles. The number of nitrogens with two attached hydrogens (primary N) is 1. The monoisotopic (exact) mass is 310 g/mol. The van der Waals surface area contributed by atoms with Crippen LogP contribution >= 0.6 is 23.2 Å². The first-order valence-electron chi connectivity index (χ1n) is 6.29. The second-order valence-electron chi connectivity index (χ2n) is 4.82. The van der Waals surface area contributed by atoms with E-state index in [0.717, 1.165) is 17.5 Å². The normalized spacial score (nSPS) is 12.2. The molecule has 0 fully saturated rings. The standard InChI is InChI=1S/C15H16Cl2N2O/c1-9-5-11(6-10(2)18)8-19-15(9)20-14-4-3-12(16)7-13(14)17/h3-5,7-8,10H,6,18H2,1-2H3. The Kier molecular flexibility index (Phi) is 4.86. The molecule has 0 aliphatic carbocycles. The van der Waals surface area contributed by atoms with Crippen LogP contribution in [-0.4, -0.2) is 11.0 Å². The second-order valence-corrected chi connectivity index (χ2v) is 5.67. The summed E-state index contributed by atoms with van der Waals surface area (Å²) in [6.45, 7) is 3.91. The van der Waals surface area contributed by atoms with E-state index in [9.17, 15) is 0 Å². The van der Waals surface area contributed by atoms with Crippen LogP contribution in [0.3, 0.4) is 0 Å². The minimum atomic E-state index is 0.105. The van der Waals surface area contributed by atoms with Crippen LogP contribution in [0, 0.1) is 6.92 Å². The van der Waals surface area contributed by atoms with Crippen LogP contribution in [0.4, 0.5) is 0 Å². The van der Waals surface area contributed by atoms with E-state index >= 15 is 0 Å². The summed E-state index contributed by atoms with van der Waals surface area (Å²) in [5.74, 6) is 1.06. The molecule has 5 heteroatoms. The van der Waals surface area contributed by atoms with Crippen LogP contribution in [-0.2, 0) is 6.42 Å². The van der Waals surface area contributed by atoms with Crippen molar-refractivity contribution in [2.45, 2.75) is 26.3 Å². The van der Waals surface area contributed by atoms with E-state index < -0.39 is 0 Å². The lowest BCUT2D eigenvalue weighted by Crippen LogP contribution is -2.17. The van der Waals surface area contributed by atoms with Crippen molar-refractivity contribution in [3.05, 3.63) is 51.6 Å². The van der Waals surface area contributed by atoms with Crippen molar-refractivity contribution in [3.63, 3.8) is 0 Å². The summed E-state index contributed by atoms with van der Waals surface area (Å²) in [6, 6.07) is 7.21. The molecule has 1 heterocycles. The van der Waals surface area contributed by atoms with Crippen LogP contribution in [0.15, 0.2) is 30.5 Å². The van der Waals surface area contributed by atoms with Crippen LogP contribution in [0.5, 0.6) is 11.6 Å². The topological polar surface area (TPSA) is 48.1 Å². The van der Waals surface area contributed by atoms with E-state index in [1.165, 1.54) is 0 Å². The first-order valence-corrected chi connectivity index (χ1v) is 7.05. The predicted octanol–water partition coefficient (Wildman–Crippen LogP) is 4.38. The molecule has 20 heavy (non-hydrogen) atoms. The molecule has 2 N–H and O–H groups in total. The fourth-order valence-electron chi connectivity index (χ4n) is 1.87. The van der Waals surface area contributed by atoms with Gasteiger partial charge in [-0.15, -0.1) is 0 Å². The number of nitrogens with zero attached hydrogens (tertiary/aromatic N) is 1. The van der Waals surface area contributed by atoms with Gasteiger partial charge in [0.05, 0.1) is 5.02 Å². The van der Waals surface area contributed by atoms with Crippen molar-refractivity contribution in [2.75, 3.05) is 0 Å². The number of benzene rings is 1. The molecule has 0 bridgehead atoms. The molecule has 2 aromatic rings. The lowest BCUT2D eigenvalue weighted by molar-refractivity contribution is 0.458. The molecule has 1 atom stereocenters. The Labute approximate surface area is 128 Å². The van der Waals surface area contributed by atoms with Gasteiger partial charge in [0.25, 0.3) is 0 Å². The van der Waals surface area contributed by atoms with Gasteiger partial charge in [-0.1, -0.05) is 23.2 Å². The lowest BCUT2D eigenvalue weighted by Gasteiger charge is -2.11. The Hall–Kier alpha value is -1.29. The van der Waals surface area contributed by atoms with Crippen molar-refractivity contribution >= 4 is 23.2 Å². The maximum Gasteiger partial charge on any atom is 0.222 e. The van der Waals surface area contributed by atoms with Gasteiger partial charge in [-0.05, 0) is 50.1 Å². The molecule has 3 nitrogen and oxygen atoms in total. The SMILES string of the molecule is Cc1cc(CC(C)N)cnc1Oc1ccc(Cl)cc1Cl. The lowest BCUT2D eigenvalue weighted by atomic mass is 10.1. The summed E-state index contributed by atoms with van der Waals surface area (Å²) in [4.78, 5) is 4.32. The van der Waals surface area contributed by atoms with Gasteiger partial charge in [-0.2, -0.15) is 0 Å². The van der Waals surface area contributed by atoms with Crippen LogP contribution in [0.2, 0.25) is 10.0 Å². The van der Waals surface area contributed by atoms with Gasteiger partial charge in [-0.25, -0.2) is 4.98 Å². The van der Waals surface area contributed by atoms with E-state index in [-0.39, 0.29) is 6.04 Å². The third kappa shape index (κ3) is 3.85. The molecule has 2 rings (SSSR count). The molecule has 106 valence electrons. The van der Waals surface area contributed by atoms with E-state index in [4.69, 9.17) is 33.7 Å². The zero-order chi connectivity index (χ0) is 14.7. The molecule has 0 spiro atoms. The van der Waals surface area contributed by atoms with E-state index in [0.29, 0.717) is 21.7 Å². The summed E-state index contributed by atoms with van der Waals surface area (Å²) < 4.78 is 5.72. The maximum atomic E-state index is 6.08. The fourth-order valence-corrected chi connectivity index (χ4v) is 2.32. The molecule has 1 unspecified atom stereocenters. The molecule has 0 saturated heterocycles. The zero-order valence-corrected chi connectivity index (χ0v) is 12.9. The van der Waals surface area contributed by atoms with Crippen molar-refractivity contribution in [1.29, 1.82) is 0 Å². The van der Waals surface area contributed by atoms with Crippen LogP contribution in [0.1, 0.15) is 18.1 Å². The number of aryl methyl sites for hydroxylation is 1. The van der Waals surface area contributed by atoms with E-state index in [1.807, 2.05) is 19.9 Å². The van der Waals surface area contributed by atoms with Gasteiger partial charge in [0.15, 0.2) is 0 Å². The van der Waals surface area contributed by atoms with Gasteiger partial charge in [0.2, 0.25) is 5.88 Å². The Morgan fingerprint density at radius 1 is 1.30 bits per heavy atom. The number of halogens is 2. The van der Waals surface area contributed by atoms with Gasteiger partial charge in [0.1, 0.15) is 5.75 Å². The minimum absolute atomic E-state index is 0.105. The fraction of sp³-hybridized carbons (Fsp3) is 0.267. The van der Waals surface area contributed by atoms with Crippen molar-refractivity contribution in [1.82, 2.24) is 4.98 Å². The third-order valence-electron chi connectivity index (χ3n) is 2.75. The molecular formula is C15H16Cl2N2O. The Morgan fingerprint density at radius 2 is 2.05 bits per heavy atom. The third-order valence-corrected chi connectivity index (χ3v) is 3.28. The van der Waals surface area contributed by atoms with Crippen LogP contribution in [0.25, 0.3) is 0 Å². The molecule has 0 radical (unpaired) electrons. The number of rotatable bonds is 4. The molecule has 1 aromatic heterocycles. The largest absolute Gasteiger partial charge is 0.437 e. The molecule has 0 amide bonds. The summed E-state index contributed by atoms with van der Waals surface area (Å²) in [5.41, 5.74) is 7.81. The smallest absolute Gasteiger partial charge is 0.222 e. The zero-order valence-electron chi connectivity index (χ0n) is 11.4. The Balaban J connectivity index is 2.21. The predicted molar refractivity (Wildman–Crippen MR) is 82.9 cm³/mol. The second kappa shape index (κ2) is 6.44. The Morgan fingerprint density at radius 3 is 2.65 bits per heavy atom. The highest BCUT2D eigenvalue weighted by atomic mass is 35.5. The highest BCUT2D eigenvalue weighted by molar-refractivity contribution is 6.35. The Bertz CT molecular complexity index is 615. The molecule has 0 aliphatic rings. The van der Waals surface area contributed by atoms with Crippen molar-refractivity contribution in [2.24, 2.45) is 5.73 Å². The van der Waals surface area contributed by atoms with Crippen LogP contribution < -0.4 is 10.5 Å². The number of ether oxygens (including phenoxy) is 1. The number of hydrogen-bond donors (Lipinski definition) is 1. The number of pyridine rings is 1. The van der Waals surface area contributed by atoms with Gasteiger partial charge in [-0.3, -0.25) is 0 Å². The quantitative estimate of drug-likeness (QED) is 0.911. The summed E-state index contributed by atoms with van der Waals surface area (Å²) >= 11 is 11.9. The van der Waals surface area contributed by atoms with Gasteiger partial charge >= 0.3 is 0 Å². The van der Waals surface area contributed by atoms with Crippen molar-refractivity contribution in [3.8, 4) is 11.6 Å². The first kappa shape index (κ1) is 15.1. The highest BCUT2D eigenvalue weighted by Crippen LogP contribution is 2.32. The summed E-state index contributed by atoms with van der Waals surface area (Å²) in [6.07, 6.45) is 2.56. The number of aromatic nitrogens is 1. The maximum absolute atomic E-state index is 6.08. The van der Waals surface area contributed by atoms with E-state index in [1.54, 1.807) is 24.4 Å². The average molecular weight is 311 g/mol. The highest BCUT2D eigenvalue weighted by Gasteiger charge is 2.09.